The minimum absolute atomic E-state index is 0.330. The van der Waals surface area contributed by atoms with Gasteiger partial charge in [-0.2, -0.15) is 0 Å². The first-order chi connectivity index (χ1) is 8.54. The highest BCUT2D eigenvalue weighted by atomic mass is 79.9. The van der Waals surface area contributed by atoms with Gasteiger partial charge in [0.15, 0.2) is 0 Å². The van der Waals surface area contributed by atoms with Gasteiger partial charge in [-0.1, -0.05) is 31.9 Å². The lowest BCUT2D eigenvalue weighted by atomic mass is 10.1. The maximum atomic E-state index is 11.5. The summed E-state index contributed by atoms with van der Waals surface area (Å²) < 4.78 is 5.00. The van der Waals surface area contributed by atoms with Crippen LogP contribution in [-0.4, -0.2) is 46.5 Å². The van der Waals surface area contributed by atoms with E-state index in [1.165, 1.54) is 0 Å². The summed E-state index contributed by atoms with van der Waals surface area (Å²) >= 11 is 6.37. The SMILES string of the molecule is NCCCC[C@H](NC(=O)OC(CBr)CBr)C(=O)O. The summed E-state index contributed by atoms with van der Waals surface area (Å²) in [5.41, 5.74) is 5.32. The van der Waals surface area contributed by atoms with Crippen molar-refractivity contribution in [1.82, 2.24) is 5.32 Å². The molecule has 18 heavy (non-hydrogen) atoms. The molecule has 1 amide bonds. The number of ether oxygens (including phenoxy) is 1. The van der Waals surface area contributed by atoms with E-state index in [-0.39, 0.29) is 6.10 Å². The van der Waals surface area contributed by atoms with Gasteiger partial charge in [0.2, 0.25) is 0 Å². The van der Waals surface area contributed by atoms with Gasteiger partial charge in [0.1, 0.15) is 12.1 Å². The summed E-state index contributed by atoms with van der Waals surface area (Å²) in [5, 5.41) is 12.2. The maximum absolute atomic E-state index is 11.5. The lowest BCUT2D eigenvalue weighted by molar-refractivity contribution is -0.139. The smallest absolute Gasteiger partial charge is 0.408 e. The Balaban J connectivity index is 4.14. The summed E-state index contributed by atoms with van der Waals surface area (Å²) in [6.45, 7) is 0.506. The van der Waals surface area contributed by atoms with E-state index < -0.39 is 18.1 Å². The Bertz CT molecular complexity index is 262. The summed E-state index contributed by atoms with van der Waals surface area (Å²) in [7, 11) is 0. The van der Waals surface area contributed by atoms with E-state index in [0.717, 1.165) is 6.42 Å². The van der Waals surface area contributed by atoms with Gasteiger partial charge in [0.05, 0.1) is 0 Å². The minimum Gasteiger partial charge on any atom is -0.480 e. The summed E-state index contributed by atoms with van der Waals surface area (Å²) in [5.74, 6) is -1.07. The molecule has 8 heteroatoms. The highest BCUT2D eigenvalue weighted by Crippen LogP contribution is 2.04. The number of carboxylic acids is 1. The van der Waals surface area contributed by atoms with Crippen LogP contribution < -0.4 is 11.1 Å². The van der Waals surface area contributed by atoms with Crippen molar-refractivity contribution in [3.05, 3.63) is 0 Å². The fourth-order valence-corrected chi connectivity index (χ4v) is 2.52. The van der Waals surface area contributed by atoms with Crippen molar-refractivity contribution in [2.75, 3.05) is 17.2 Å². The van der Waals surface area contributed by atoms with E-state index in [1.54, 1.807) is 0 Å². The number of carboxylic acid groups (broad SMARTS) is 1. The highest BCUT2D eigenvalue weighted by molar-refractivity contribution is 9.09. The monoisotopic (exact) mass is 388 g/mol. The highest BCUT2D eigenvalue weighted by Gasteiger charge is 2.21. The van der Waals surface area contributed by atoms with Crippen LogP contribution in [0.15, 0.2) is 0 Å². The van der Waals surface area contributed by atoms with Crippen LogP contribution in [0.5, 0.6) is 0 Å². The van der Waals surface area contributed by atoms with Gasteiger partial charge < -0.3 is 20.9 Å². The molecule has 0 rings (SSSR count). The Morgan fingerprint density at radius 2 is 1.89 bits per heavy atom. The molecular weight excluding hydrogens is 372 g/mol. The number of amides is 1. The van der Waals surface area contributed by atoms with Crippen LogP contribution in [-0.2, 0) is 9.53 Å². The first-order valence-electron chi connectivity index (χ1n) is 5.57. The molecule has 0 aliphatic rings. The number of aliphatic carboxylic acids is 1. The summed E-state index contributed by atoms with van der Waals surface area (Å²) in [4.78, 5) is 22.4. The number of carbonyl (C=O) groups excluding carboxylic acids is 1. The van der Waals surface area contributed by atoms with Gasteiger partial charge in [0, 0.05) is 10.7 Å². The number of nitrogens with one attached hydrogen (secondary N) is 1. The number of unbranched alkanes of at least 4 members (excludes halogenated alkanes) is 1. The molecule has 0 spiro atoms. The number of halogens is 2. The second-order valence-electron chi connectivity index (χ2n) is 3.66. The second-order valence-corrected chi connectivity index (χ2v) is 4.95. The first-order valence-corrected chi connectivity index (χ1v) is 7.81. The van der Waals surface area contributed by atoms with Crippen molar-refractivity contribution < 1.29 is 19.4 Å². The number of nitrogens with two attached hydrogens (primary N) is 1. The van der Waals surface area contributed by atoms with Gasteiger partial charge in [-0.3, -0.25) is 0 Å². The quantitative estimate of drug-likeness (QED) is 0.409. The molecule has 0 saturated carbocycles. The molecule has 0 aromatic rings. The number of alkyl halides is 2. The predicted molar refractivity (Wildman–Crippen MR) is 75.3 cm³/mol. The molecule has 0 saturated heterocycles. The molecule has 0 aliphatic carbocycles. The first kappa shape index (κ1) is 17.7. The van der Waals surface area contributed by atoms with E-state index in [1.807, 2.05) is 0 Å². The van der Waals surface area contributed by atoms with Crippen molar-refractivity contribution in [1.29, 1.82) is 0 Å². The van der Waals surface area contributed by atoms with E-state index in [4.69, 9.17) is 15.6 Å². The minimum atomic E-state index is -1.07. The van der Waals surface area contributed by atoms with Crippen LogP contribution in [0.4, 0.5) is 4.79 Å². The molecule has 1 atom stereocenters. The molecule has 4 N–H and O–H groups in total. The molecule has 0 radical (unpaired) electrons. The number of rotatable bonds is 9. The molecule has 0 aromatic carbocycles. The molecular formula is C10H18Br2N2O4. The predicted octanol–water partition coefficient (Wildman–Crippen LogP) is 1.45. The van der Waals surface area contributed by atoms with Crippen molar-refractivity contribution in [2.45, 2.75) is 31.4 Å². The van der Waals surface area contributed by atoms with Crippen LogP contribution in [0.3, 0.4) is 0 Å². The number of carbonyl (C=O) groups is 2. The van der Waals surface area contributed by atoms with E-state index in [0.29, 0.717) is 30.0 Å². The third kappa shape index (κ3) is 7.88. The van der Waals surface area contributed by atoms with Gasteiger partial charge in [-0.05, 0) is 25.8 Å². The lowest BCUT2D eigenvalue weighted by Gasteiger charge is -2.17. The van der Waals surface area contributed by atoms with Gasteiger partial charge >= 0.3 is 12.1 Å². The molecule has 0 fully saturated rings. The Morgan fingerprint density at radius 1 is 1.28 bits per heavy atom. The number of hydrogen-bond donors (Lipinski definition) is 3. The fraction of sp³-hybridized carbons (Fsp3) is 0.800. The van der Waals surface area contributed by atoms with Gasteiger partial charge in [0.25, 0.3) is 0 Å². The Morgan fingerprint density at radius 3 is 2.33 bits per heavy atom. The Hall–Kier alpha value is -0.340. The number of alkyl carbamates (subject to hydrolysis) is 1. The molecule has 0 unspecified atom stereocenters. The zero-order chi connectivity index (χ0) is 14.0. The normalized spacial score (nSPS) is 12.2. The van der Waals surface area contributed by atoms with Crippen LogP contribution in [0, 0.1) is 0 Å². The maximum Gasteiger partial charge on any atom is 0.408 e. The van der Waals surface area contributed by atoms with Crippen molar-refractivity contribution >= 4 is 43.9 Å². The van der Waals surface area contributed by atoms with Crippen molar-refractivity contribution in [2.24, 2.45) is 5.73 Å². The molecule has 6 nitrogen and oxygen atoms in total. The zero-order valence-corrected chi connectivity index (χ0v) is 13.1. The molecule has 0 aromatic heterocycles. The lowest BCUT2D eigenvalue weighted by Crippen LogP contribution is -2.42. The van der Waals surface area contributed by atoms with Crippen LogP contribution in [0.1, 0.15) is 19.3 Å². The molecule has 0 heterocycles. The number of hydrogen-bond acceptors (Lipinski definition) is 4. The average Bonchev–Trinajstić information content (AvgIpc) is 2.34. The summed E-state index contributed by atoms with van der Waals surface area (Å²) in [6.07, 6.45) is 0.664. The molecule has 106 valence electrons. The van der Waals surface area contributed by atoms with E-state index in [9.17, 15) is 9.59 Å². The third-order valence-electron chi connectivity index (χ3n) is 2.16. The van der Waals surface area contributed by atoms with Crippen LogP contribution in [0.2, 0.25) is 0 Å². The van der Waals surface area contributed by atoms with Crippen molar-refractivity contribution in [3.63, 3.8) is 0 Å². The molecule has 0 bridgehead atoms. The van der Waals surface area contributed by atoms with Gasteiger partial charge in [-0.25, -0.2) is 9.59 Å². The fourth-order valence-electron chi connectivity index (χ4n) is 1.18. The largest absolute Gasteiger partial charge is 0.480 e. The Labute approximate surface area is 123 Å². The standard InChI is InChI=1S/C10H18Br2N2O4/c11-5-7(6-12)18-10(17)14-8(9(15)16)3-1-2-4-13/h7-8H,1-6,13H2,(H,14,17)(H,15,16)/t8-/m0/s1. The second kappa shape index (κ2) is 10.6. The van der Waals surface area contributed by atoms with E-state index >= 15 is 0 Å². The summed E-state index contributed by atoms with van der Waals surface area (Å²) in [6, 6.07) is -0.935. The van der Waals surface area contributed by atoms with Gasteiger partial charge in [-0.15, -0.1) is 0 Å². The third-order valence-corrected chi connectivity index (χ3v) is 3.60. The topological polar surface area (TPSA) is 102 Å². The average molecular weight is 390 g/mol. The van der Waals surface area contributed by atoms with Crippen LogP contribution in [0.25, 0.3) is 0 Å². The zero-order valence-electron chi connectivity index (χ0n) is 9.90. The van der Waals surface area contributed by atoms with E-state index in [2.05, 4.69) is 37.2 Å². The molecule has 0 aliphatic heterocycles. The van der Waals surface area contributed by atoms with Crippen molar-refractivity contribution in [3.8, 4) is 0 Å². The van der Waals surface area contributed by atoms with Crippen LogP contribution >= 0.6 is 31.9 Å². The Kier molecular flexibility index (Phi) is 10.4.